The van der Waals surface area contributed by atoms with Gasteiger partial charge in [0.1, 0.15) is 0 Å². The zero-order chi connectivity index (χ0) is 23.7. The van der Waals surface area contributed by atoms with Gasteiger partial charge in [0.15, 0.2) is 0 Å². The Kier molecular flexibility index (Phi) is 5.29. The summed E-state index contributed by atoms with van der Waals surface area (Å²) < 4.78 is 9.89. The molecule has 4 aromatic carbocycles. The van der Waals surface area contributed by atoms with Crippen molar-refractivity contribution in [1.29, 1.82) is 0 Å². The summed E-state index contributed by atoms with van der Waals surface area (Å²) in [4.78, 5) is 2.68. The van der Waals surface area contributed by atoms with E-state index >= 15 is 0 Å². The summed E-state index contributed by atoms with van der Waals surface area (Å²) in [5.41, 5.74) is 8.59. The van der Waals surface area contributed by atoms with Crippen LogP contribution in [0.2, 0.25) is 9.26 Å². The van der Waals surface area contributed by atoms with Gasteiger partial charge in [-0.05, 0) is 0 Å². The van der Waals surface area contributed by atoms with E-state index in [1.165, 1.54) is 47.6 Å². The fourth-order valence-corrected chi connectivity index (χ4v) is 16.3. The molecule has 0 amide bonds. The van der Waals surface area contributed by atoms with E-state index in [9.17, 15) is 0 Å². The van der Waals surface area contributed by atoms with E-state index in [1.807, 2.05) is 11.8 Å². The molecule has 6 bridgehead atoms. The first-order chi connectivity index (χ1) is 17.0. The number of fused-ring (bicyclic) bond motifs is 2. The Morgan fingerprint density at radius 3 is 2.23 bits per heavy atom. The SMILES string of the molecule is [CH3][Zr]([CH3])([C]1=Cc2cc3ccc2C1c1cccc(c1)S3)[C]1=Cc2cccc(Br)c2C1c1ccccc1. The summed E-state index contributed by atoms with van der Waals surface area (Å²) in [7, 11) is 0. The molecule has 0 fully saturated rings. The molecule has 0 N–H and O–H groups in total. The van der Waals surface area contributed by atoms with Crippen molar-refractivity contribution in [2.75, 3.05) is 0 Å². The number of benzene rings is 4. The maximum absolute atomic E-state index is 3.92. The minimum atomic E-state index is -3.03. The Morgan fingerprint density at radius 1 is 0.657 bits per heavy atom. The molecule has 0 nitrogen and oxygen atoms in total. The quantitative estimate of drug-likeness (QED) is 0.222. The second-order valence-electron chi connectivity index (χ2n) is 10.3. The third kappa shape index (κ3) is 3.50. The number of halogens is 1. The molecule has 170 valence electrons. The number of rotatable bonds is 3. The number of hydrogen-bond donors (Lipinski definition) is 0. The Balaban J connectivity index is 1.43. The number of hydrogen-bond acceptors (Lipinski definition) is 1. The Labute approximate surface area is 224 Å². The molecule has 0 radical (unpaired) electrons. The van der Waals surface area contributed by atoms with E-state index in [0.29, 0.717) is 11.8 Å². The second-order valence-corrected chi connectivity index (χ2v) is 23.1. The normalized spacial score (nSPS) is 19.5. The van der Waals surface area contributed by atoms with Crippen molar-refractivity contribution in [3.8, 4) is 0 Å². The van der Waals surface area contributed by atoms with Crippen LogP contribution in [0.25, 0.3) is 12.2 Å². The Morgan fingerprint density at radius 2 is 1.37 bits per heavy atom. The van der Waals surface area contributed by atoms with Gasteiger partial charge in [-0.2, -0.15) is 0 Å². The Hall–Kier alpha value is -1.93. The van der Waals surface area contributed by atoms with E-state index in [4.69, 9.17) is 0 Å². The van der Waals surface area contributed by atoms with Crippen LogP contribution < -0.4 is 0 Å². The van der Waals surface area contributed by atoms with Crippen LogP contribution in [-0.2, 0) is 20.3 Å². The van der Waals surface area contributed by atoms with Crippen molar-refractivity contribution >= 4 is 39.8 Å². The molecule has 35 heavy (non-hydrogen) atoms. The molecular formula is C32H25BrSZr. The van der Waals surface area contributed by atoms with E-state index < -0.39 is 20.3 Å². The summed E-state index contributed by atoms with van der Waals surface area (Å²) in [6.07, 6.45) is 5.14. The van der Waals surface area contributed by atoms with Gasteiger partial charge >= 0.3 is 226 Å². The van der Waals surface area contributed by atoms with Gasteiger partial charge in [0.2, 0.25) is 0 Å². The molecule has 2 aliphatic carbocycles. The average Bonchev–Trinajstić information content (AvgIpc) is 3.46. The van der Waals surface area contributed by atoms with Crippen molar-refractivity contribution in [2.24, 2.45) is 0 Å². The zero-order valence-electron chi connectivity index (χ0n) is 19.8. The van der Waals surface area contributed by atoms with E-state index in [-0.39, 0.29) is 0 Å². The molecule has 0 aromatic heterocycles. The van der Waals surface area contributed by atoms with Gasteiger partial charge in [0.05, 0.1) is 0 Å². The van der Waals surface area contributed by atoms with E-state index in [1.54, 1.807) is 6.56 Å². The molecule has 3 heteroatoms. The summed E-state index contributed by atoms with van der Waals surface area (Å²) >= 11 is 2.77. The van der Waals surface area contributed by atoms with Crippen molar-refractivity contribution < 1.29 is 20.3 Å². The first kappa shape index (κ1) is 22.3. The van der Waals surface area contributed by atoms with Crippen molar-refractivity contribution in [3.05, 3.63) is 135 Å². The first-order valence-corrected chi connectivity index (χ1v) is 21.2. The molecule has 0 spiro atoms. The predicted octanol–water partition coefficient (Wildman–Crippen LogP) is 9.84. The van der Waals surface area contributed by atoms with Crippen LogP contribution in [0.5, 0.6) is 0 Å². The predicted molar refractivity (Wildman–Crippen MR) is 149 cm³/mol. The molecule has 2 unspecified atom stereocenters. The van der Waals surface area contributed by atoms with Crippen molar-refractivity contribution in [3.63, 3.8) is 0 Å². The molecule has 2 aliphatic heterocycles. The molecule has 0 saturated heterocycles. The summed E-state index contributed by atoms with van der Waals surface area (Å²) in [5.74, 6) is 0.691. The third-order valence-corrected chi connectivity index (χ3v) is 18.9. The average molecular weight is 613 g/mol. The van der Waals surface area contributed by atoms with Gasteiger partial charge in [-0.3, -0.25) is 0 Å². The molecule has 4 aliphatic rings. The molecule has 2 heterocycles. The van der Waals surface area contributed by atoms with Crippen LogP contribution in [0.3, 0.4) is 0 Å². The van der Waals surface area contributed by atoms with Crippen molar-refractivity contribution in [1.82, 2.24) is 0 Å². The topological polar surface area (TPSA) is 0 Å². The van der Waals surface area contributed by atoms with E-state index in [0.717, 1.165) is 0 Å². The zero-order valence-corrected chi connectivity index (χ0v) is 24.6. The van der Waals surface area contributed by atoms with Gasteiger partial charge in [-0.1, -0.05) is 0 Å². The van der Waals surface area contributed by atoms with Gasteiger partial charge in [0.25, 0.3) is 0 Å². The van der Waals surface area contributed by atoms with Gasteiger partial charge < -0.3 is 0 Å². The fraction of sp³-hybridized carbons (Fsp3) is 0.125. The molecule has 2 atom stereocenters. The van der Waals surface area contributed by atoms with Crippen LogP contribution in [0.15, 0.2) is 112 Å². The van der Waals surface area contributed by atoms with E-state index in [2.05, 4.69) is 128 Å². The molecular weight excluding hydrogens is 588 g/mol. The van der Waals surface area contributed by atoms with Crippen LogP contribution in [0.4, 0.5) is 0 Å². The Bertz CT molecular complexity index is 1560. The van der Waals surface area contributed by atoms with Gasteiger partial charge in [0, 0.05) is 0 Å². The van der Waals surface area contributed by atoms with Crippen LogP contribution in [0.1, 0.15) is 45.2 Å². The molecule has 4 aromatic rings. The fourth-order valence-electron chi connectivity index (χ4n) is 6.31. The van der Waals surface area contributed by atoms with Gasteiger partial charge in [-0.25, -0.2) is 0 Å². The van der Waals surface area contributed by atoms with Crippen LogP contribution >= 0.6 is 27.7 Å². The summed E-state index contributed by atoms with van der Waals surface area (Å²) in [5, 5.41) is 0. The van der Waals surface area contributed by atoms with Crippen LogP contribution in [0, 0.1) is 0 Å². The summed E-state index contributed by atoms with van der Waals surface area (Å²) in [6.45, 7) is 0. The second kappa shape index (κ2) is 8.30. The molecule has 8 rings (SSSR count). The summed E-state index contributed by atoms with van der Waals surface area (Å²) in [6, 6.07) is 34.2. The van der Waals surface area contributed by atoms with Crippen molar-refractivity contribution in [2.45, 2.75) is 30.9 Å². The number of allylic oxidation sites excluding steroid dienone is 2. The first-order valence-electron chi connectivity index (χ1n) is 12.2. The monoisotopic (exact) mass is 610 g/mol. The van der Waals surface area contributed by atoms with Gasteiger partial charge in [-0.15, -0.1) is 0 Å². The molecule has 0 saturated carbocycles. The standard InChI is InChI=1S/C15H10Br.C15H9S.2CH3.Zr/c16-14-8-4-7-12-9-10-13(15(12)14)11-5-2-1-3-6-11;1-2-10-8-12(3-1)16-13-5-7-15-11(9-13)4-6-14(10)15;;;/h1-9,13H;1-5,7-9,14H;2*1H3;. The minimum absolute atomic E-state index is 0.322. The maximum atomic E-state index is 3.92. The third-order valence-electron chi connectivity index (χ3n) is 7.99. The van der Waals surface area contributed by atoms with Crippen LogP contribution in [-0.4, -0.2) is 0 Å².